The number of benzene rings is 2. The van der Waals surface area contributed by atoms with Crippen LogP contribution in [-0.4, -0.2) is 67.6 Å². The van der Waals surface area contributed by atoms with E-state index in [9.17, 15) is 9.59 Å². The Morgan fingerprint density at radius 1 is 1.11 bits per heavy atom. The zero-order chi connectivity index (χ0) is 24.9. The van der Waals surface area contributed by atoms with Crippen LogP contribution in [0.2, 0.25) is 0 Å². The number of amides is 2. The molecule has 0 saturated heterocycles. The third-order valence-corrected chi connectivity index (χ3v) is 7.02. The van der Waals surface area contributed by atoms with Gasteiger partial charge in [-0.2, -0.15) is 0 Å². The number of anilines is 1. The van der Waals surface area contributed by atoms with Crippen LogP contribution in [0.15, 0.2) is 48.5 Å². The first kappa shape index (κ1) is 25.2. The summed E-state index contributed by atoms with van der Waals surface area (Å²) in [6.07, 6.45) is 1.77. The molecule has 1 aliphatic heterocycles. The van der Waals surface area contributed by atoms with E-state index >= 15 is 0 Å². The van der Waals surface area contributed by atoms with Gasteiger partial charge in [0.05, 0.1) is 11.7 Å². The number of hydrogen-bond acceptors (Lipinski definition) is 5. The van der Waals surface area contributed by atoms with Gasteiger partial charge in [0.15, 0.2) is 0 Å². The van der Waals surface area contributed by atoms with E-state index in [-0.39, 0.29) is 35.8 Å². The van der Waals surface area contributed by atoms with Gasteiger partial charge in [0.25, 0.3) is 5.91 Å². The summed E-state index contributed by atoms with van der Waals surface area (Å²) >= 11 is 0. The highest BCUT2D eigenvalue weighted by Gasteiger charge is 2.31. The quantitative estimate of drug-likeness (QED) is 0.701. The molecule has 4 rings (SSSR count). The molecule has 2 aliphatic rings. The zero-order valence-corrected chi connectivity index (χ0v) is 21.2. The predicted octanol–water partition coefficient (Wildman–Crippen LogP) is 4.04. The highest BCUT2D eigenvalue weighted by atomic mass is 16.5. The number of carbonyl (C=O) groups is 2. The highest BCUT2D eigenvalue weighted by molar-refractivity contribution is 5.99. The Balaban J connectivity index is 1.62. The van der Waals surface area contributed by atoms with Crippen molar-refractivity contribution < 1.29 is 19.1 Å². The fourth-order valence-electron chi connectivity index (χ4n) is 4.55. The summed E-state index contributed by atoms with van der Waals surface area (Å²) in [6.45, 7) is 6.82. The maximum Gasteiger partial charge on any atom is 0.257 e. The number of fused-ring (bicyclic) bond motifs is 1. The molecular weight excluding hydrogens is 442 g/mol. The lowest BCUT2D eigenvalue weighted by Gasteiger charge is -2.36. The first-order valence-corrected chi connectivity index (χ1v) is 12.5. The Morgan fingerprint density at radius 3 is 2.54 bits per heavy atom. The molecule has 1 fully saturated rings. The molecule has 1 aliphatic carbocycles. The summed E-state index contributed by atoms with van der Waals surface area (Å²) in [5, 5.41) is 2.97. The van der Waals surface area contributed by atoms with Gasteiger partial charge >= 0.3 is 0 Å². The monoisotopic (exact) mass is 479 g/mol. The maximum atomic E-state index is 13.4. The number of methoxy groups -OCH3 is 1. The van der Waals surface area contributed by atoms with E-state index in [0.29, 0.717) is 30.2 Å². The number of likely N-dealkylation sites (N-methyl/N-ethyl adjacent to an activating group) is 1. The van der Waals surface area contributed by atoms with Gasteiger partial charge < -0.3 is 19.7 Å². The molecule has 1 saturated carbocycles. The minimum atomic E-state index is -0.122. The van der Waals surface area contributed by atoms with Crippen molar-refractivity contribution in [3.8, 4) is 5.75 Å². The summed E-state index contributed by atoms with van der Waals surface area (Å²) in [5.41, 5.74) is 2.38. The predicted molar refractivity (Wildman–Crippen MR) is 137 cm³/mol. The van der Waals surface area contributed by atoms with E-state index in [0.717, 1.165) is 25.9 Å². The van der Waals surface area contributed by atoms with E-state index in [1.807, 2.05) is 6.07 Å². The van der Waals surface area contributed by atoms with E-state index in [2.05, 4.69) is 48.3 Å². The molecule has 2 amide bonds. The molecule has 0 spiro atoms. The lowest BCUT2D eigenvalue weighted by Crippen LogP contribution is -2.46. The Bertz CT molecular complexity index is 1020. The van der Waals surface area contributed by atoms with E-state index in [4.69, 9.17) is 9.47 Å². The van der Waals surface area contributed by atoms with Gasteiger partial charge in [0.1, 0.15) is 12.4 Å². The molecule has 2 aromatic rings. The number of nitrogens with one attached hydrogen (secondary N) is 1. The highest BCUT2D eigenvalue weighted by Crippen LogP contribution is 2.32. The normalized spacial score (nSPS) is 24.1. The smallest absolute Gasteiger partial charge is 0.257 e. The number of ether oxygens (including phenoxy) is 2. The largest absolute Gasteiger partial charge is 0.491 e. The Kier molecular flexibility index (Phi) is 8.08. The Hall–Kier alpha value is -2.90. The van der Waals surface area contributed by atoms with Gasteiger partial charge in [0.2, 0.25) is 5.91 Å². The van der Waals surface area contributed by atoms with Crippen LogP contribution in [0.3, 0.4) is 0 Å². The fraction of sp³-hybridized carbons (Fsp3) is 0.500. The van der Waals surface area contributed by atoms with Crippen LogP contribution in [0, 0.1) is 11.8 Å². The van der Waals surface area contributed by atoms with Gasteiger partial charge in [0, 0.05) is 57.5 Å². The molecule has 0 unspecified atom stereocenters. The van der Waals surface area contributed by atoms with Gasteiger partial charge in [-0.05, 0) is 43.4 Å². The van der Waals surface area contributed by atoms with Crippen LogP contribution in [0.5, 0.6) is 5.75 Å². The molecular formula is C28H37N3O4. The van der Waals surface area contributed by atoms with Crippen LogP contribution in [-0.2, 0) is 16.1 Å². The first-order valence-electron chi connectivity index (χ1n) is 12.5. The van der Waals surface area contributed by atoms with Gasteiger partial charge in [-0.1, -0.05) is 37.3 Å². The molecule has 3 atom stereocenters. The van der Waals surface area contributed by atoms with Crippen molar-refractivity contribution in [2.75, 3.05) is 39.2 Å². The van der Waals surface area contributed by atoms with Crippen LogP contribution in [0.4, 0.5) is 5.69 Å². The van der Waals surface area contributed by atoms with Gasteiger partial charge in [-0.15, -0.1) is 0 Å². The van der Waals surface area contributed by atoms with Crippen molar-refractivity contribution in [2.24, 2.45) is 11.8 Å². The maximum absolute atomic E-state index is 13.4. The second kappa shape index (κ2) is 11.2. The van der Waals surface area contributed by atoms with Crippen molar-refractivity contribution >= 4 is 17.5 Å². The second-order valence-electron chi connectivity index (χ2n) is 9.99. The molecule has 7 heteroatoms. The van der Waals surface area contributed by atoms with Gasteiger partial charge in [-0.3, -0.25) is 14.5 Å². The lowest BCUT2D eigenvalue weighted by molar-refractivity contribution is -0.117. The molecule has 7 nitrogen and oxygen atoms in total. The molecule has 35 heavy (non-hydrogen) atoms. The number of carbonyl (C=O) groups excluding carboxylic acids is 2. The minimum Gasteiger partial charge on any atom is -0.491 e. The van der Waals surface area contributed by atoms with Crippen LogP contribution >= 0.6 is 0 Å². The second-order valence-corrected chi connectivity index (χ2v) is 9.99. The first-order chi connectivity index (χ1) is 16.9. The fourth-order valence-corrected chi connectivity index (χ4v) is 4.55. The summed E-state index contributed by atoms with van der Waals surface area (Å²) in [5.74, 6) is 0.707. The minimum absolute atomic E-state index is 0.0286. The third-order valence-electron chi connectivity index (χ3n) is 7.02. The summed E-state index contributed by atoms with van der Waals surface area (Å²) in [6, 6.07) is 15.8. The molecule has 2 aromatic carbocycles. The molecule has 1 heterocycles. The van der Waals surface area contributed by atoms with Crippen molar-refractivity contribution in [3.63, 3.8) is 0 Å². The molecule has 0 aromatic heterocycles. The van der Waals surface area contributed by atoms with Crippen LogP contribution in [0.1, 0.15) is 42.6 Å². The molecule has 0 bridgehead atoms. The van der Waals surface area contributed by atoms with E-state index in [1.54, 1.807) is 37.3 Å². The van der Waals surface area contributed by atoms with Crippen LogP contribution in [0.25, 0.3) is 0 Å². The summed E-state index contributed by atoms with van der Waals surface area (Å²) in [4.78, 5) is 29.7. The molecule has 1 N–H and O–H groups in total. The molecule has 188 valence electrons. The van der Waals surface area contributed by atoms with E-state index < -0.39 is 0 Å². The Labute approximate surface area is 208 Å². The average Bonchev–Trinajstić information content (AvgIpc) is 3.71. The van der Waals surface area contributed by atoms with Crippen LogP contribution < -0.4 is 10.1 Å². The number of nitrogens with zero attached hydrogens (tertiary/aromatic N) is 2. The molecule has 0 radical (unpaired) electrons. The van der Waals surface area contributed by atoms with Crippen molar-refractivity contribution in [2.45, 2.75) is 45.4 Å². The van der Waals surface area contributed by atoms with E-state index in [1.165, 1.54) is 5.56 Å². The van der Waals surface area contributed by atoms with Crippen molar-refractivity contribution in [3.05, 3.63) is 59.7 Å². The summed E-state index contributed by atoms with van der Waals surface area (Å²) in [7, 11) is 3.51. The average molecular weight is 480 g/mol. The van der Waals surface area contributed by atoms with Crippen molar-refractivity contribution in [1.29, 1.82) is 0 Å². The summed E-state index contributed by atoms with van der Waals surface area (Å²) < 4.78 is 12.1. The van der Waals surface area contributed by atoms with Gasteiger partial charge in [-0.25, -0.2) is 0 Å². The zero-order valence-electron chi connectivity index (χ0n) is 21.2. The third kappa shape index (κ3) is 6.41. The number of hydrogen-bond donors (Lipinski definition) is 1. The lowest BCUT2D eigenvalue weighted by atomic mass is 10.0. The number of rotatable bonds is 5. The standard InChI is InChI=1S/C28H37N3O4/c1-19-15-31(16-21-8-6-5-7-9-21)20(2)18-35-25-14-23(29-27(32)22-10-11-22)12-13-24(25)28(33)30(3)17-26(19)34-4/h5-9,12-14,19-20,22,26H,10-11,15-18H2,1-4H3,(H,29,32)/t19-,20+,26+/m0/s1. The SMILES string of the molecule is CO[C@@H]1CN(C)C(=O)c2ccc(NC(=O)C3CC3)cc2OC[C@@H](C)N(Cc2ccccc2)C[C@@H]1C. The Morgan fingerprint density at radius 2 is 1.86 bits per heavy atom. The van der Waals surface area contributed by atoms with Crippen molar-refractivity contribution in [1.82, 2.24) is 9.80 Å². The topological polar surface area (TPSA) is 71.1 Å².